The summed E-state index contributed by atoms with van der Waals surface area (Å²) in [6.45, 7) is 5.79. The first-order chi connectivity index (χ1) is 7.45. The van der Waals surface area contributed by atoms with Crippen molar-refractivity contribution >= 4 is 0 Å². The number of ether oxygens (including phenoxy) is 1. The Morgan fingerprint density at radius 1 is 1.25 bits per heavy atom. The van der Waals surface area contributed by atoms with E-state index in [0.29, 0.717) is 6.54 Å². The standard InChI is InChI=1S/C11H22F3NO/c1-3-4-7-15-9-10(2)16-8-5-6-11(12,13)14/h10,15H,3-9H2,1-2H3. The van der Waals surface area contributed by atoms with Gasteiger partial charge in [-0.25, -0.2) is 0 Å². The molecule has 0 spiro atoms. The second-order valence-corrected chi connectivity index (χ2v) is 3.96. The average Bonchev–Trinajstić information content (AvgIpc) is 2.18. The van der Waals surface area contributed by atoms with Crippen LogP contribution < -0.4 is 5.32 Å². The highest BCUT2D eigenvalue weighted by molar-refractivity contribution is 4.56. The maximum atomic E-state index is 11.8. The van der Waals surface area contributed by atoms with Gasteiger partial charge in [0.05, 0.1) is 6.10 Å². The van der Waals surface area contributed by atoms with Gasteiger partial charge in [0.1, 0.15) is 0 Å². The van der Waals surface area contributed by atoms with Gasteiger partial charge in [-0.2, -0.15) is 13.2 Å². The number of alkyl halides is 3. The van der Waals surface area contributed by atoms with E-state index in [1.807, 2.05) is 6.92 Å². The van der Waals surface area contributed by atoms with Crippen LogP contribution in [0, 0.1) is 0 Å². The molecule has 5 heteroatoms. The first-order valence-electron chi connectivity index (χ1n) is 5.84. The molecule has 1 atom stereocenters. The molecule has 0 bridgehead atoms. The summed E-state index contributed by atoms with van der Waals surface area (Å²) in [6.07, 6.45) is -2.56. The fraction of sp³-hybridized carbons (Fsp3) is 1.00. The molecule has 0 aromatic heterocycles. The van der Waals surface area contributed by atoms with E-state index in [1.165, 1.54) is 0 Å². The van der Waals surface area contributed by atoms with Gasteiger partial charge in [0.15, 0.2) is 0 Å². The van der Waals surface area contributed by atoms with Crippen LogP contribution in [0.25, 0.3) is 0 Å². The molecule has 0 aliphatic carbocycles. The van der Waals surface area contributed by atoms with Gasteiger partial charge in [-0.3, -0.25) is 0 Å². The van der Waals surface area contributed by atoms with Crippen LogP contribution in [0.4, 0.5) is 13.2 Å². The Morgan fingerprint density at radius 2 is 1.94 bits per heavy atom. The molecule has 0 saturated heterocycles. The molecular formula is C11H22F3NO. The van der Waals surface area contributed by atoms with E-state index in [-0.39, 0.29) is 19.1 Å². The predicted octanol–water partition coefficient (Wildman–Crippen LogP) is 3.12. The van der Waals surface area contributed by atoms with Crippen LogP contribution in [0.2, 0.25) is 0 Å². The quantitative estimate of drug-likeness (QED) is 0.626. The van der Waals surface area contributed by atoms with Gasteiger partial charge in [-0.1, -0.05) is 13.3 Å². The highest BCUT2D eigenvalue weighted by Crippen LogP contribution is 2.21. The molecule has 2 nitrogen and oxygen atoms in total. The van der Waals surface area contributed by atoms with E-state index >= 15 is 0 Å². The maximum Gasteiger partial charge on any atom is 0.389 e. The Balaban J connectivity index is 3.27. The molecule has 0 aliphatic rings. The zero-order valence-corrected chi connectivity index (χ0v) is 10.1. The Hall–Kier alpha value is -0.290. The van der Waals surface area contributed by atoms with Crippen molar-refractivity contribution in [3.8, 4) is 0 Å². The molecular weight excluding hydrogens is 219 g/mol. The SMILES string of the molecule is CCCCNCC(C)OCCCC(F)(F)F. The maximum absolute atomic E-state index is 11.8. The molecule has 0 fully saturated rings. The van der Waals surface area contributed by atoms with Gasteiger partial charge in [-0.05, 0) is 26.3 Å². The third-order valence-electron chi connectivity index (χ3n) is 2.15. The molecule has 0 aromatic carbocycles. The molecule has 0 heterocycles. The lowest BCUT2D eigenvalue weighted by Crippen LogP contribution is -2.28. The Labute approximate surface area is 95.5 Å². The monoisotopic (exact) mass is 241 g/mol. The van der Waals surface area contributed by atoms with Crippen molar-refractivity contribution in [3.05, 3.63) is 0 Å². The van der Waals surface area contributed by atoms with E-state index < -0.39 is 12.6 Å². The highest BCUT2D eigenvalue weighted by atomic mass is 19.4. The van der Waals surface area contributed by atoms with Gasteiger partial charge >= 0.3 is 6.18 Å². The van der Waals surface area contributed by atoms with E-state index in [2.05, 4.69) is 12.2 Å². The molecule has 0 aromatic rings. The van der Waals surface area contributed by atoms with Crippen LogP contribution in [0.3, 0.4) is 0 Å². The third-order valence-corrected chi connectivity index (χ3v) is 2.15. The summed E-state index contributed by atoms with van der Waals surface area (Å²) in [7, 11) is 0. The summed E-state index contributed by atoms with van der Waals surface area (Å²) in [5.74, 6) is 0. The highest BCUT2D eigenvalue weighted by Gasteiger charge is 2.26. The lowest BCUT2D eigenvalue weighted by atomic mass is 10.3. The fourth-order valence-electron chi connectivity index (χ4n) is 1.22. The smallest absolute Gasteiger partial charge is 0.377 e. The number of rotatable bonds is 9. The van der Waals surface area contributed by atoms with Crippen molar-refractivity contribution in [1.82, 2.24) is 5.32 Å². The zero-order valence-electron chi connectivity index (χ0n) is 10.1. The summed E-state index contributed by atoms with van der Waals surface area (Å²) in [4.78, 5) is 0. The first-order valence-corrected chi connectivity index (χ1v) is 5.84. The Morgan fingerprint density at radius 3 is 2.50 bits per heavy atom. The van der Waals surface area contributed by atoms with Crippen LogP contribution in [-0.2, 0) is 4.74 Å². The minimum Gasteiger partial charge on any atom is -0.377 e. The summed E-state index contributed by atoms with van der Waals surface area (Å²) >= 11 is 0. The van der Waals surface area contributed by atoms with Crippen molar-refractivity contribution in [3.63, 3.8) is 0 Å². The second-order valence-electron chi connectivity index (χ2n) is 3.96. The number of unbranched alkanes of at least 4 members (excludes halogenated alkanes) is 1. The molecule has 16 heavy (non-hydrogen) atoms. The minimum atomic E-state index is -4.06. The van der Waals surface area contributed by atoms with E-state index in [9.17, 15) is 13.2 Å². The third kappa shape index (κ3) is 11.8. The predicted molar refractivity (Wildman–Crippen MR) is 58.5 cm³/mol. The van der Waals surface area contributed by atoms with Gasteiger partial charge < -0.3 is 10.1 Å². The Kier molecular flexibility index (Phi) is 8.66. The van der Waals surface area contributed by atoms with Gasteiger partial charge in [0.25, 0.3) is 0 Å². The normalized spacial score (nSPS) is 14.1. The molecule has 0 radical (unpaired) electrons. The first kappa shape index (κ1) is 15.7. The van der Waals surface area contributed by atoms with E-state index in [1.54, 1.807) is 0 Å². The molecule has 1 unspecified atom stereocenters. The zero-order chi connectivity index (χ0) is 12.4. The summed E-state index contributed by atoms with van der Waals surface area (Å²) in [6, 6.07) is 0. The van der Waals surface area contributed by atoms with Crippen molar-refractivity contribution in [2.75, 3.05) is 19.7 Å². The molecule has 0 rings (SSSR count). The van der Waals surface area contributed by atoms with Gasteiger partial charge in [0, 0.05) is 19.6 Å². The number of hydrogen-bond donors (Lipinski definition) is 1. The topological polar surface area (TPSA) is 21.3 Å². The minimum absolute atomic E-state index is 0.0231. The molecule has 98 valence electrons. The van der Waals surface area contributed by atoms with E-state index in [4.69, 9.17) is 4.74 Å². The molecule has 0 aliphatic heterocycles. The van der Waals surface area contributed by atoms with Crippen molar-refractivity contribution < 1.29 is 17.9 Å². The molecule has 1 N–H and O–H groups in total. The van der Waals surface area contributed by atoms with Crippen molar-refractivity contribution in [2.45, 2.75) is 51.8 Å². The fourth-order valence-corrected chi connectivity index (χ4v) is 1.22. The Bertz CT molecular complexity index is 162. The summed E-state index contributed by atoms with van der Waals surface area (Å²) < 4.78 is 40.7. The van der Waals surface area contributed by atoms with Crippen molar-refractivity contribution in [2.24, 2.45) is 0 Å². The summed E-state index contributed by atoms with van der Waals surface area (Å²) in [5, 5.41) is 3.20. The molecule has 0 amide bonds. The van der Waals surface area contributed by atoms with E-state index in [0.717, 1.165) is 19.4 Å². The lowest BCUT2D eigenvalue weighted by molar-refractivity contribution is -0.138. The number of halogens is 3. The lowest BCUT2D eigenvalue weighted by Gasteiger charge is -2.14. The van der Waals surface area contributed by atoms with Crippen molar-refractivity contribution in [1.29, 1.82) is 0 Å². The van der Waals surface area contributed by atoms with Crippen LogP contribution in [0.15, 0.2) is 0 Å². The second kappa shape index (κ2) is 8.82. The largest absolute Gasteiger partial charge is 0.389 e. The number of nitrogens with one attached hydrogen (secondary N) is 1. The van der Waals surface area contributed by atoms with Crippen LogP contribution in [0.1, 0.15) is 39.5 Å². The van der Waals surface area contributed by atoms with Crippen LogP contribution >= 0.6 is 0 Å². The van der Waals surface area contributed by atoms with Crippen LogP contribution in [0.5, 0.6) is 0 Å². The molecule has 0 saturated carbocycles. The summed E-state index contributed by atoms with van der Waals surface area (Å²) in [5.41, 5.74) is 0. The van der Waals surface area contributed by atoms with Gasteiger partial charge in [0.2, 0.25) is 0 Å². The average molecular weight is 241 g/mol. The van der Waals surface area contributed by atoms with Gasteiger partial charge in [-0.15, -0.1) is 0 Å². The number of hydrogen-bond acceptors (Lipinski definition) is 2. The van der Waals surface area contributed by atoms with Crippen LogP contribution in [-0.4, -0.2) is 32.0 Å².